The number of aryl methyl sites for hydroxylation is 1. The summed E-state index contributed by atoms with van der Waals surface area (Å²) >= 11 is 6.12. The number of primary amides is 1. The second-order valence-corrected chi connectivity index (χ2v) is 8.36. The molecule has 0 aliphatic carbocycles. The van der Waals surface area contributed by atoms with Gasteiger partial charge in [-0.3, -0.25) is 14.8 Å². The fourth-order valence-corrected chi connectivity index (χ4v) is 4.13. The molecule has 34 heavy (non-hydrogen) atoms. The fraction of sp³-hybridized carbons (Fsp3) is 0.111. The van der Waals surface area contributed by atoms with Gasteiger partial charge in [-0.1, -0.05) is 46.8 Å². The van der Waals surface area contributed by atoms with Gasteiger partial charge in [-0.2, -0.15) is 0 Å². The minimum atomic E-state index is -0.599. The molecule has 1 atom stereocenters. The molecule has 2 aromatic heterocycles. The molecule has 6 nitrogen and oxygen atoms in total. The quantitative estimate of drug-likeness (QED) is 0.436. The molecule has 0 unspecified atom stereocenters. The van der Waals surface area contributed by atoms with Gasteiger partial charge in [0, 0.05) is 39.7 Å². The Balaban J connectivity index is 1.71. The maximum atomic E-state index is 11.9. The van der Waals surface area contributed by atoms with E-state index in [1.165, 1.54) is 0 Å². The number of halogens is 1. The van der Waals surface area contributed by atoms with Crippen LogP contribution in [-0.2, 0) is 4.79 Å². The average Bonchev–Trinajstić information content (AvgIpc) is 3.16. The van der Waals surface area contributed by atoms with Crippen LogP contribution in [0.3, 0.4) is 0 Å². The normalized spacial score (nSPS) is 14.2. The summed E-state index contributed by atoms with van der Waals surface area (Å²) in [6, 6.07) is 16.5. The van der Waals surface area contributed by atoms with Crippen LogP contribution in [0.5, 0.6) is 0 Å². The summed E-state index contributed by atoms with van der Waals surface area (Å²) in [4.78, 5) is 20.8. The van der Waals surface area contributed by atoms with Crippen molar-refractivity contribution in [1.82, 2.24) is 10.1 Å². The molecule has 3 heterocycles. The van der Waals surface area contributed by atoms with Gasteiger partial charge in [0.1, 0.15) is 6.04 Å². The number of carbonyl (C=O) groups is 1. The van der Waals surface area contributed by atoms with Crippen molar-refractivity contribution in [2.45, 2.75) is 19.4 Å². The number of amides is 1. The standard InChI is InChI=1S/C27H19ClN4O2/c1-16-25-22-14-18(3-2-17-10-12-30-13-11-17)4-9-21(22)26(19-5-7-20(28)8-6-19)31-23(15-24(29)33)27(25)34-32-16/h4-14,23H,15H2,1H3,(H2,29,33)/t23-/m0/s1. The number of aromatic nitrogens is 2. The number of hydrogen-bond acceptors (Lipinski definition) is 5. The highest BCUT2D eigenvalue weighted by atomic mass is 35.5. The second kappa shape index (κ2) is 8.97. The van der Waals surface area contributed by atoms with Crippen molar-refractivity contribution >= 4 is 23.2 Å². The molecular weight excluding hydrogens is 448 g/mol. The van der Waals surface area contributed by atoms with Crippen molar-refractivity contribution in [3.63, 3.8) is 0 Å². The smallest absolute Gasteiger partial charge is 0.220 e. The molecule has 2 N–H and O–H groups in total. The van der Waals surface area contributed by atoms with E-state index in [2.05, 4.69) is 22.0 Å². The number of benzene rings is 2. The van der Waals surface area contributed by atoms with Crippen LogP contribution >= 0.6 is 11.6 Å². The first-order chi connectivity index (χ1) is 16.5. The first kappa shape index (κ1) is 21.6. The van der Waals surface area contributed by atoms with Crippen LogP contribution < -0.4 is 5.73 Å². The van der Waals surface area contributed by atoms with Crippen molar-refractivity contribution in [3.8, 4) is 23.0 Å². The Morgan fingerprint density at radius 2 is 1.76 bits per heavy atom. The van der Waals surface area contributed by atoms with E-state index in [1.54, 1.807) is 12.4 Å². The lowest BCUT2D eigenvalue weighted by Crippen LogP contribution is -2.15. The number of pyridine rings is 1. The lowest BCUT2D eigenvalue weighted by Gasteiger charge is -2.12. The largest absolute Gasteiger partial charge is 0.370 e. The number of rotatable bonds is 3. The zero-order valence-corrected chi connectivity index (χ0v) is 19.0. The highest BCUT2D eigenvalue weighted by molar-refractivity contribution is 6.30. The van der Waals surface area contributed by atoms with Gasteiger partial charge >= 0.3 is 0 Å². The summed E-state index contributed by atoms with van der Waals surface area (Å²) in [6.07, 6.45) is 3.42. The summed E-state index contributed by atoms with van der Waals surface area (Å²) in [5, 5.41) is 4.80. The molecule has 2 aromatic carbocycles. The van der Waals surface area contributed by atoms with Gasteiger partial charge in [0.05, 0.1) is 23.4 Å². The summed E-state index contributed by atoms with van der Waals surface area (Å²) < 4.78 is 5.68. The molecule has 4 aromatic rings. The van der Waals surface area contributed by atoms with Crippen LogP contribution in [0.25, 0.3) is 11.1 Å². The molecule has 0 spiro atoms. The summed E-state index contributed by atoms with van der Waals surface area (Å²) in [5.41, 5.74) is 12.1. The third-order valence-electron chi connectivity index (χ3n) is 5.56. The topological polar surface area (TPSA) is 94.4 Å². The van der Waals surface area contributed by atoms with Crippen LogP contribution in [0, 0.1) is 18.8 Å². The van der Waals surface area contributed by atoms with Crippen LogP contribution in [-0.4, -0.2) is 21.8 Å². The summed E-state index contributed by atoms with van der Waals surface area (Å²) in [5.74, 6) is 6.43. The Morgan fingerprint density at radius 1 is 1.03 bits per heavy atom. The molecule has 1 aliphatic rings. The lowest BCUT2D eigenvalue weighted by atomic mass is 9.91. The van der Waals surface area contributed by atoms with E-state index in [9.17, 15) is 4.79 Å². The Bertz CT molecular complexity index is 1480. The van der Waals surface area contributed by atoms with Gasteiger partial charge in [0.25, 0.3) is 0 Å². The molecule has 1 aliphatic heterocycles. The summed E-state index contributed by atoms with van der Waals surface area (Å²) in [7, 11) is 0. The Hall–Kier alpha value is -4.21. The lowest BCUT2D eigenvalue weighted by molar-refractivity contribution is -0.118. The van der Waals surface area contributed by atoms with E-state index in [4.69, 9.17) is 26.9 Å². The number of carbonyl (C=O) groups excluding carboxylic acids is 1. The number of nitrogens with two attached hydrogens (primary N) is 1. The van der Waals surface area contributed by atoms with E-state index in [0.717, 1.165) is 39.1 Å². The highest BCUT2D eigenvalue weighted by Crippen LogP contribution is 2.41. The van der Waals surface area contributed by atoms with Crippen molar-refractivity contribution in [1.29, 1.82) is 0 Å². The highest BCUT2D eigenvalue weighted by Gasteiger charge is 2.31. The van der Waals surface area contributed by atoms with Crippen molar-refractivity contribution in [2.24, 2.45) is 10.7 Å². The maximum Gasteiger partial charge on any atom is 0.220 e. The van der Waals surface area contributed by atoms with Crippen LogP contribution in [0.2, 0.25) is 5.02 Å². The number of nitrogens with zero attached hydrogens (tertiary/aromatic N) is 3. The van der Waals surface area contributed by atoms with Gasteiger partial charge in [-0.25, -0.2) is 0 Å². The van der Waals surface area contributed by atoms with Crippen LogP contribution in [0.4, 0.5) is 0 Å². The minimum Gasteiger partial charge on any atom is -0.370 e. The van der Waals surface area contributed by atoms with Gasteiger partial charge in [0.15, 0.2) is 5.76 Å². The second-order valence-electron chi connectivity index (χ2n) is 7.92. The SMILES string of the molecule is Cc1noc2c1-c1cc(C#Cc3ccncc3)ccc1C(c1ccc(Cl)cc1)=N[C@H]2CC(N)=O. The first-order valence-corrected chi connectivity index (χ1v) is 11.0. The predicted molar refractivity (Wildman–Crippen MR) is 131 cm³/mol. The Kier molecular flexibility index (Phi) is 5.70. The Labute approximate surface area is 201 Å². The molecule has 0 saturated heterocycles. The van der Waals surface area contributed by atoms with Crippen LogP contribution in [0.1, 0.15) is 46.2 Å². The van der Waals surface area contributed by atoms with E-state index < -0.39 is 11.9 Å². The van der Waals surface area contributed by atoms with E-state index in [1.807, 2.05) is 61.5 Å². The Morgan fingerprint density at radius 3 is 2.50 bits per heavy atom. The molecule has 5 rings (SSSR count). The van der Waals surface area contributed by atoms with Crippen molar-refractivity contribution < 1.29 is 9.32 Å². The molecule has 7 heteroatoms. The first-order valence-electron chi connectivity index (χ1n) is 10.6. The fourth-order valence-electron chi connectivity index (χ4n) is 4.01. The zero-order chi connectivity index (χ0) is 23.7. The molecule has 1 amide bonds. The molecule has 0 bridgehead atoms. The molecular formula is C27H19ClN4O2. The third kappa shape index (κ3) is 4.21. The third-order valence-corrected chi connectivity index (χ3v) is 5.82. The van der Waals surface area contributed by atoms with Gasteiger partial charge in [-0.05, 0) is 48.9 Å². The number of hydrogen-bond donors (Lipinski definition) is 1. The van der Waals surface area contributed by atoms with Gasteiger partial charge in [-0.15, -0.1) is 0 Å². The van der Waals surface area contributed by atoms with Crippen molar-refractivity contribution in [2.75, 3.05) is 0 Å². The maximum absolute atomic E-state index is 11.9. The molecule has 0 radical (unpaired) electrons. The predicted octanol–water partition coefficient (Wildman–Crippen LogP) is 4.87. The van der Waals surface area contributed by atoms with Crippen LogP contribution in [0.15, 0.2) is 76.5 Å². The van der Waals surface area contributed by atoms with E-state index in [0.29, 0.717) is 16.5 Å². The monoisotopic (exact) mass is 466 g/mol. The minimum absolute atomic E-state index is 0.00141. The van der Waals surface area contributed by atoms with E-state index in [-0.39, 0.29) is 6.42 Å². The molecule has 0 saturated carbocycles. The summed E-state index contributed by atoms with van der Waals surface area (Å²) in [6.45, 7) is 1.87. The molecule has 0 fully saturated rings. The zero-order valence-electron chi connectivity index (χ0n) is 18.2. The average molecular weight is 467 g/mol. The van der Waals surface area contributed by atoms with Gasteiger partial charge < -0.3 is 10.3 Å². The number of fused-ring (bicyclic) bond motifs is 3. The number of aliphatic imine (C=N–C) groups is 1. The van der Waals surface area contributed by atoms with E-state index >= 15 is 0 Å². The molecule has 166 valence electrons. The van der Waals surface area contributed by atoms with Crippen molar-refractivity contribution in [3.05, 3.63) is 106 Å². The van der Waals surface area contributed by atoms with Gasteiger partial charge in [0.2, 0.25) is 5.91 Å².